The Balaban J connectivity index is 2.74. The number of nitrogens with zero attached hydrogens (tertiary/aromatic N) is 1. The first kappa shape index (κ1) is 17.3. The fourth-order valence-electron chi connectivity index (χ4n) is 2.79. The van der Waals surface area contributed by atoms with E-state index in [1.54, 1.807) is 6.92 Å². The van der Waals surface area contributed by atoms with Crippen LogP contribution in [0.1, 0.15) is 46.5 Å². The number of carbonyl (C=O) groups excluding carboxylic acids is 1. The third-order valence-corrected chi connectivity index (χ3v) is 3.85. The van der Waals surface area contributed by atoms with E-state index in [0.717, 1.165) is 0 Å². The van der Waals surface area contributed by atoms with E-state index in [-0.39, 0.29) is 31.3 Å². The fourth-order valence-corrected chi connectivity index (χ4v) is 2.79. The summed E-state index contributed by atoms with van der Waals surface area (Å²) >= 11 is 0. The highest BCUT2D eigenvalue weighted by atomic mass is 19.4. The molecule has 0 aliphatic heterocycles. The minimum Gasteiger partial charge on any atom is -0.392 e. The molecule has 0 bridgehead atoms. The van der Waals surface area contributed by atoms with Crippen molar-refractivity contribution >= 4 is 5.91 Å². The largest absolute Gasteiger partial charge is 0.392 e. The summed E-state index contributed by atoms with van der Waals surface area (Å²) in [7, 11) is 0. The van der Waals surface area contributed by atoms with E-state index in [9.17, 15) is 23.1 Å². The predicted octanol–water partition coefficient (Wildman–Crippen LogP) is 2.97. The topological polar surface area (TPSA) is 40.5 Å². The zero-order valence-electron chi connectivity index (χ0n) is 12.3. The summed E-state index contributed by atoms with van der Waals surface area (Å²) in [6, 6.07) is -0.122. The summed E-state index contributed by atoms with van der Waals surface area (Å²) in [6.07, 6.45) is -3.96. The van der Waals surface area contributed by atoms with Gasteiger partial charge in [-0.15, -0.1) is 0 Å². The Morgan fingerprint density at radius 3 is 2.35 bits per heavy atom. The second kappa shape index (κ2) is 6.78. The average molecular weight is 295 g/mol. The van der Waals surface area contributed by atoms with Crippen molar-refractivity contribution in [2.45, 2.75) is 64.8 Å². The molecule has 1 rings (SSSR count). The molecule has 1 amide bonds. The van der Waals surface area contributed by atoms with Crippen molar-refractivity contribution in [3.63, 3.8) is 0 Å². The zero-order valence-corrected chi connectivity index (χ0v) is 12.3. The second-order valence-electron chi connectivity index (χ2n) is 6.04. The molecular weight excluding hydrogens is 271 g/mol. The van der Waals surface area contributed by atoms with Gasteiger partial charge < -0.3 is 10.0 Å². The minimum absolute atomic E-state index is 0.116. The van der Waals surface area contributed by atoms with Crippen LogP contribution in [0.25, 0.3) is 0 Å². The van der Waals surface area contributed by atoms with Gasteiger partial charge in [-0.05, 0) is 40.0 Å². The van der Waals surface area contributed by atoms with Gasteiger partial charge in [0.1, 0.15) is 0 Å². The molecule has 1 aliphatic rings. The van der Waals surface area contributed by atoms with E-state index in [4.69, 9.17) is 0 Å². The van der Waals surface area contributed by atoms with Crippen molar-refractivity contribution in [1.82, 2.24) is 4.90 Å². The number of alkyl halides is 3. The lowest BCUT2D eigenvalue weighted by Crippen LogP contribution is -2.46. The van der Waals surface area contributed by atoms with Crippen LogP contribution in [0.5, 0.6) is 0 Å². The number of carbonyl (C=O) groups is 1. The van der Waals surface area contributed by atoms with Crippen LogP contribution in [0, 0.1) is 11.8 Å². The number of hydrogen-bond donors (Lipinski definition) is 1. The maximum atomic E-state index is 12.8. The number of halogens is 3. The number of aliphatic hydroxyl groups is 1. The lowest BCUT2D eigenvalue weighted by Gasteiger charge is -2.35. The molecule has 0 spiro atoms. The molecule has 0 saturated heterocycles. The molecule has 0 aromatic carbocycles. The first-order valence-corrected chi connectivity index (χ1v) is 7.18. The van der Waals surface area contributed by atoms with Gasteiger partial charge in [0.05, 0.1) is 12.0 Å². The molecule has 1 saturated carbocycles. The zero-order chi connectivity index (χ0) is 15.5. The third kappa shape index (κ3) is 4.65. The molecule has 3 atom stereocenters. The number of rotatable bonds is 4. The number of aliphatic hydroxyl groups excluding tert-OH is 1. The van der Waals surface area contributed by atoms with Crippen molar-refractivity contribution in [2.24, 2.45) is 11.8 Å². The van der Waals surface area contributed by atoms with Gasteiger partial charge >= 0.3 is 6.18 Å². The molecule has 3 unspecified atom stereocenters. The first-order valence-electron chi connectivity index (χ1n) is 7.18. The average Bonchev–Trinajstić information content (AvgIpc) is 2.33. The fraction of sp³-hybridized carbons (Fsp3) is 0.929. The normalized spacial score (nSPS) is 25.6. The van der Waals surface area contributed by atoms with Crippen LogP contribution in [-0.4, -0.2) is 40.8 Å². The quantitative estimate of drug-likeness (QED) is 0.866. The molecular formula is C14H24F3NO2. The Morgan fingerprint density at radius 2 is 1.90 bits per heavy atom. The number of amides is 1. The van der Waals surface area contributed by atoms with Crippen molar-refractivity contribution < 1.29 is 23.1 Å². The first-order chi connectivity index (χ1) is 9.12. The highest BCUT2D eigenvalue weighted by molar-refractivity contribution is 5.79. The van der Waals surface area contributed by atoms with Crippen LogP contribution in [0.15, 0.2) is 0 Å². The van der Waals surface area contributed by atoms with Crippen LogP contribution >= 0.6 is 0 Å². The second-order valence-corrected chi connectivity index (χ2v) is 6.04. The molecule has 3 nitrogen and oxygen atoms in total. The summed E-state index contributed by atoms with van der Waals surface area (Å²) in [5, 5.41) is 9.43. The van der Waals surface area contributed by atoms with Gasteiger partial charge in [0.15, 0.2) is 0 Å². The SMILES string of the molecule is CC(O)CN(C(=O)C1CCCC(C(F)(F)F)C1)C(C)C. The van der Waals surface area contributed by atoms with Gasteiger partial charge in [0.25, 0.3) is 0 Å². The van der Waals surface area contributed by atoms with Crippen LogP contribution in [0.4, 0.5) is 13.2 Å². The Hall–Kier alpha value is -0.780. The van der Waals surface area contributed by atoms with Crippen molar-refractivity contribution in [3.8, 4) is 0 Å². The third-order valence-electron chi connectivity index (χ3n) is 3.85. The molecule has 0 aromatic heterocycles. The number of hydrogen-bond acceptors (Lipinski definition) is 2. The van der Waals surface area contributed by atoms with Gasteiger partial charge in [-0.2, -0.15) is 13.2 Å². The van der Waals surface area contributed by atoms with Gasteiger partial charge in [-0.1, -0.05) is 6.42 Å². The molecule has 20 heavy (non-hydrogen) atoms. The maximum absolute atomic E-state index is 12.8. The molecule has 0 radical (unpaired) electrons. The Kier molecular flexibility index (Phi) is 5.86. The van der Waals surface area contributed by atoms with E-state index in [1.165, 1.54) is 4.90 Å². The summed E-state index contributed by atoms with van der Waals surface area (Å²) in [6.45, 7) is 5.36. The molecule has 1 fully saturated rings. The molecule has 1 N–H and O–H groups in total. The molecule has 6 heteroatoms. The van der Waals surface area contributed by atoms with E-state index in [0.29, 0.717) is 12.8 Å². The van der Waals surface area contributed by atoms with E-state index in [2.05, 4.69) is 0 Å². The maximum Gasteiger partial charge on any atom is 0.391 e. The van der Waals surface area contributed by atoms with Crippen molar-refractivity contribution in [3.05, 3.63) is 0 Å². The lowest BCUT2D eigenvalue weighted by atomic mass is 9.80. The van der Waals surface area contributed by atoms with Crippen LogP contribution in [0.2, 0.25) is 0 Å². The summed E-state index contributed by atoms with van der Waals surface area (Å²) < 4.78 is 38.3. The predicted molar refractivity (Wildman–Crippen MR) is 70.0 cm³/mol. The summed E-state index contributed by atoms with van der Waals surface area (Å²) in [5.74, 6) is -2.20. The van der Waals surface area contributed by atoms with Crippen molar-refractivity contribution in [1.29, 1.82) is 0 Å². The molecule has 0 heterocycles. The molecule has 118 valence electrons. The summed E-state index contributed by atoms with van der Waals surface area (Å²) in [4.78, 5) is 13.9. The Labute approximate surface area is 118 Å². The molecule has 0 aromatic rings. The lowest BCUT2D eigenvalue weighted by molar-refractivity contribution is -0.187. The van der Waals surface area contributed by atoms with Gasteiger partial charge in [-0.25, -0.2) is 0 Å². The highest BCUT2D eigenvalue weighted by Crippen LogP contribution is 2.40. The van der Waals surface area contributed by atoms with E-state index >= 15 is 0 Å². The minimum atomic E-state index is -4.22. The molecule has 1 aliphatic carbocycles. The van der Waals surface area contributed by atoms with Crippen LogP contribution < -0.4 is 0 Å². The Morgan fingerprint density at radius 1 is 1.30 bits per heavy atom. The van der Waals surface area contributed by atoms with Gasteiger partial charge in [0, 0.05) is 18.5 Å². The van der Waals surface area contributed by atoms with Crippen LogP contribution in [0.3, 0.4) is 0 Å². The van der Waals surface area contributed by atoms with Gasteiger partial charge in [0.2, 0.25) is 5.91 Å². The van der Waals surface area contributed by atoms with Crippen molar-refractivity contribution in [2.75, 3.05) is 6.54 Å². The van der Waals surface area contributed by atoms with E-state index in [1.807, 2.05) is 13.8 Å². The van der Waals surface area contributed by atoms with Gasteiger partial charge in [-0.3, -0.25) is 4.79 Å². The van der Waals surface area contributed by atoms with E-state index < -0.39 is 24.1 Å². The monoisotopic (exact) mass is 295 g/mol. The highest BCUT2D eigenvalue weighted by Gasteiger charge is 2.44. The summed E-state index contributed by atoms with van der Waals surface area (Å²) in [5.41, 5.74) is 0. The Bertz CT molecular complexity index is 329. The standard InChI is InChI=1S/C14H24F3NO2/c1-9(2)18(8-10(3)19)13(20)11-5-4-6-12(7-11)14(15,16)17/h9-12,19H,4-8H2,1-3H3. The smallest absolute Gasteiger partial charge is 0.391 e. The van der Waals surface area contributed by atoms with Crippen LogP contribution in [-0.2, 0) is 4.79 Å².